The number of nitrogens with one attached hydrogen (secondary N) is 2. The Morgan fingerprint density at radius 3 is 2.74 bits per heavy atom. The fourth-order valence-electron chi connectivity index (χ4n) is 2.14. The lowest BCUT2D eigenvalue weighted by Crippen LogP contribution is -2.14. The van der Waals surface area contributed by atoms with Crippen LogP contribution < -0.4 is 10.6 Å². The number of pyridine rings is 1. The fraction of sp³-hybridized carbons (Fsp3) is 0. The van der Waals surface area contributed by atoms with E-state index < -0.39 is 11.8 Å². The Kier molecular flexibility index (Phi) is 4.45. The predicted molar refractivity (Wildman–Crippen MR) is 96.5 cm³/mol. The van der Waals surface area contributed by atoms with E-state index >= 15 is 0 Å². The zero-order chi connectivity index (χ0) is 18.6. The molecule has 27 heavy (non-hydrogen) atoms. The van der Waals surface area contributed by atoms with Crippen LogP contribution in [-0.4, -0.2) is 26.8 Å². The van der Waals surface area contributed by atoms with Crippen molar-refractivity contribution in [2.24, 2.45) is 0 Å². The Balaban J connectivity index is 1.41. The minimum Gasteiger partial charge on any atom is -0.459 e. The Hall–Kier alpha value is -3.79. The van der Waals surface area contributed by atoms with Gasteiger partial charge in [-0.3, -0.25) is 25.2 Å². The average Bonchev–Trinajstić information content (AvgIpc) is 3.44. The molecule has 0 bridgehead atoms. The molecule has 0 saturated heterocycles. The van der Waals surface area contributed by atoms with Gasteiger partial charge >= 0.3 is 6.01 Å². The molecule has 0 aliphatic heterocycles. The van der Waals surface area contributed by atoms with Gasteiger partial charge in [-0.25, -0.2) is 4.98 Å². The molecule has 134 valence electrons. The second-order valence-electron chi connectivity index (χ2n) is 5.20. The maximum atomic E-state index is 12.3. The van der Waals surface area contributed by atoms with E-state index in [1.807, 2.05) is 11.4 Å². The van der Waals surface area contributed by atoms with Crippen LogP contribution in [0.25, 0.3) is 11.3 Å². The van der Waals surface area contributed by atoms with Crippen molar-refractivity contribution in [3.8, 4) is 11.3 Å². The molecule has 2 amide bonds. The molecule has 0 unspecified atom stereocenters. The first kappa shape index (κ1) is 16.7. The van der Waals surface area contributed by atoms with Crippen molar-refractivity contribution in [1.82, 2.24) is 15.0 Å². The van der Waals surface area contributed by atoms with Gasteiger partial charge in [0.25, 0.3) is 11.8 Å². The lowest BCUT2D eigenvalue weighted by molar-refractivity contribution is 0.0990. The summed E-state index contributed by atoms with van der Waals surface area (Å²) in [5.74, 6) is -0.941. The van der Waals surface area contributed by atoms with Gasteiger partial charge in [-0.05, 0) is 24.3 Å². The molecule has 4 aromatic heterocycles. The van der Waals surface area contributed by atoms with Crippen molar-refractivity contribution in [2.75, 3.05) is 10.6 Å². The number of oxazole rings is 1. The second-order valence-corrected chi connectivity index (χ2v) is 6.06. The SMILES string of the molecule is O=C(Nc1nc(-c2cccnc2)cs1)c1coc(NC(=O)c2ccco2)n1. The first-order chi connectivity index (χ1) is 13.2. The van der Waals surface area contributed by atoms with Crippen molar-refractivity contribution in [2.45, 2.75) is 0 Å². The van der Waals surface area contributed by atoms with E-state index in [1.165, 1.54) is 23.7 Å². The van der Waals surface area contributed by atoms with Crippen molar-refractivity contribution in [1.29, 1.82) is 0 Å². The Labute approximate surface area is 156 Å². The number of hydrogen-bond acceptors (Lipinski definition) is 8. The van der Waals surface area contributed by atoms with Gasteiger partial charge in [-0.2, -0.15) is 4.98 Å². The van der Waals surface area contributed by atoms with Gasteiger partial charge in [-0.15, -0.1) is 11.3 Å². The standard InChI is InChI=1S/C17H11N5O4S/c23-14(22-17-20-12(9-27-17)10-3-1-5-18-7-10)11-8-26-16(19-11)21-15(24)13-4-2-6-25-13/h1-9H,(H,19,21,24)(H,20,22,23). The number of rotatable bonds is 5. The van der Waals surface area contributed by atoms with Crippen LogP contribution in [0.5, 0.6) is 0 Å². The summed E-state index contributed by atoms with van der Waals surface area (Å²) < 4.78 is 10.1. The van der Waals surface area contributed by atoms with Crippen LogP contribution in [0.3, 0.4) is 0 Å². The number of furan rings is 1. The number of carbonyl (C=O) groups is 2. The maximum absolute atomic E-state index is 12.3. The van der Waals surface area contributed by atoms with Gasteiger partial charge in [0.15, 0.2) is 16.6 Å². The molecule has 4 rings (SSSR count). The molecule has 9 nitrogen and oxygen atoms in total. The quantitative estimate of drug-likeness (QED) is 0.544. The van der Waals surface area contributed by atoms with E-state index in [4.69, 9.17) is 8.83 Å². The Morgan fingerprint density at radius 2 is 1.96 bits per heavy atom. The van der Waals surface area contributed by atoms with E-state index in [0.717, 1.165) is 11.8 Å². The Bertz CT molecular complexity index is 1070. The third-order valence-electron chi connectivity index (χ3n) is 3.38. The molecule has 4 aromatic rings. The molecule has 0 fully saturated rings. The number of aromatic nitrogens is 3. The topological polar surface area (TPSA) is 123 Å². The summed E-state index contributed by atoms with van der Waals surface area (Å²) >= 11 is 1.27. The number of carbonyl (C=O) groups excluding carboxylic acids is 2. The lowest BCUT2D eigenvalue weighted by Gasteiger charge is -1.98. The van der Waals surface area contributed by atoms with Crippen LogP contribution in [0.15, 0.2) is 63.4 Å². The maximum Gasteiger partial charge on any atom is 0.302 e. The van der Waals surface area contributed by atoms with Crippen LogP contribution in [0.2, 0.25) is 0 Å². The van der Waals surface area contributed by atoms with Crippen LogP contribution >= 0.6 is 11.3 Å². The molecular formula is C17H11N5O4S. The van der Waals surface area contributed by atoms with Crippen LogP contribution in [0.1, 0.15) is 21.0 Å². The largest absolute Gasteiger partial charge is 0.459 e. The van der Waals surface area contributed by atoms with Gasteiger partial charge in [-0.1, -0.05) is 0 Å². The summed E-state index contributed by atoms with van der Waals surface area (Å²) in [5.41, 5.74) is 1.55. The first-order valence-electron chi connectivity index (χ1n) is 7.67. The van der Waals surface area contributed by atoms with Gasteiger partial charge in [0.05, 0.1) is 12.0 Å². The third-order valence-corrected chi connectivity index (χ3v) is 4.14. The average molecular weight is 381 g/mol. The fourth-order valence-corrected chi connectivity index (χ4v) is 2.86. The highest BCUT2D eigenvalue weighted by atomic mass is 32.1. The van der Waals surface area contributed by atoms with Crippen molar-refractivity contribution in [3.05, 3.63) is 66.0 Å². The summed E-state index contributed by atoms with van der Waals surface area (Å²) in [7, 11) is 0. The molecule has 10 heteroatoms. The highest BCUT2D eigenvalue weighted by Gasteiger charge is 2.17. The zero-order valence-corrected chi connectivity index (χ0v) is 14.4. The minimum atomic E-state index is -0.533. The minimum absolute atomic E-state index is 0.00266. The molecule has 0 radical (unpaired) electrons. The molecule has 0 spiro atoms. The van der Waals surface area contributed by atoms with E-state index in [0.29, 0.717) is 10.8 Å². The van der Waals surface area contributed by atoms with E-state index in [1.54, 1.807) is 24.5 Å². The normalized spacial score (nSPS) is 10.5. The van der Waals surface area contributed by atoms with E-state index in [2.05, 4.69) is 25.6 Å². The van der Waals surface area contributed by atoms with Gasteiger partial charge in [0.1, 0.15) is 6.26 Å². The number of anilines is 2. The molecular weight excluding hydrogens is 370 g/mol. The smallest absolute Gasteiger partial charge is 0.302 e. The van der Waals surface area contributed by atoms with Crippen LogP contribution in [-0.2, 0) is 0 Å². The number of amides is 2. The Morgan fingerprint density at radius 1 is 1.04 bits per heavy atom. The van der Waals surface area contributed by atoms with E-state index in [9.17, 15) is 9.59 Å². The monoisotopic (exact) mass is 381 g/mol. The van der Waals surface area contributed by atoms with Crippen molar-refractivity contribution >= 4 is 34.3 Å². The number of hydrogen-bond donors (Lipinski definition) is 2. The molecule has 2 N–H and O–H groups in total. The highest BCUT2D eigenvalue weighted by molar-refractivity contribution is 7.14. The highest BCUT2D eigenvalue weighted by Crippen LogP contribution is 2.24. The molecule has 0 aliphatic carbocycles. The van der Waals surface area contributed by atoms with Crippen LogP contribution in [0, 0.1) is 0 Å². The van der Waals surface area contributed by atoms with E-state index in [-0.39, 0.29) is 17.5 Å². The number of thiazole rings is 1. The summed E-state index contributed by atoms with van der Waals surface area (Å²) in [6.45, 7) is 0. The van der Waals surface area contributed by atoms with Crippen molar-refractivity contribution < 1.29 is 18.4 Å². The summed E-state index contributed by atoms with van der Waals surface area (Å²) in [5, 5.41) is 7.25. The third kappa shape index (κ3) is 3.75. The molecule has 0 aliphatic rings. The number of nitrogens with zero attached hydrogens (tertiary/aromatic N) is 3. The lowest BCUT2D eigenvalue weighted by atomic mass is 10.2. The second kappa shape index (κ2) is 7.22. The van der Waals surface area contributed by atoms with Crippen LogP contribution in [0.4, 0.5) is 11.1 Å². The van der Waals surface area contributed by atoms with Gasteiger partial charge in [0.2, 0.25) is 0 Å². The molecule has 0 atom stereocenters. The summed E-state index contributed by atoms with van der Waals surface area (Å²) in [4.78, 5) is 36.5. The predicted octanol–water partition coefficient (Wildman–Crippen LogP) is 3.29. The van der Waals surface area contributed by atoms with Gasteiger partial charge < -0.3 is 8.83 Å². The summed E-state index contributed by atoms with van der Waals surface area (Å²) in [6, 6.07) is 6.64. The first-order valence-corrected chi connectivity index (χ1v) is 8.54. The van der Waals surface area contributed by atoms with Crippen molar-refractivity contribution in [3.63, 3.8) is 0 Å². The molecule has 0 saturated carbocycles. The zero-order valence-electron chi connectivity index (χ0n) is 13.6. The summed E-state index contributed by atoms with van der Waals surface area (Å²) in [6.07, 6.45) is 5.87. The molecule has 4 heterocycles. The molecule has 0 aromatic carbocycles. The van der Waals surface area contributed by atoms with Gasteiger partial charge in [0, 0.05) is 23.3 Å².